The van der Waals surface area contributed by atoms with E-state index in [2.05, 4.69) is 15.3 Å². The van der Waals surface area contributed by atoms with Gasteiger partial charge in [-0.1, -0.05) is 11.6 Å². The molecule has 0 bridgehead atoms. The fraction of sp³-hybridized carbons (Fsp3) is 0.500. The molecule has 5 nitrogen and oxygen atoms in total. The van der Waals surface area contributed by atoms with Crippen LogP contribution < -0.4 is 5.32 Å². The molecular formula is C10H13ClN4O. The summed E-state index contributed by atoms with van der Waals surface area (Å²) in [6.07, 6.45) is 5.89. The van der Waals surface area contributed by atoms with Gasteiger partial charge in [-0.15, -0.1) is 0 Å². The lowest BCUT2D eigenvalue weighted by Gasteiger charge is -2.31. The maximum Gasteiger partial charge on any atom is 0.324 e. The van der Waals surface area contributed by atoms with Gasteiger partial charge in [-0.25, -0.2) is 14.8 Å². The maximum atomic E-state index is 11.8. The predicted octanol–water partition coefficient (Wildman–Crippen LogP) is 2.06. The van der Waals surface area contributed by atoms with Crippen molar-refractivity contribution >= 4 is 23.4 Å². The van der Waals surface area contributed by atoms with Gasteiger partial charge < -0.3 is 4.90 Å². The lowest BCUT2D eigenvalue weighted by molar-refractivity contribution is 0.190. The quantitative estimate of drug-likeness (QED) is 0.604. The summed E-state index contributed by atoms with van der Waals surface area (Å²) in [5.74, 6) is 0.495. The Morgan fingerprint density at radius 2 is 2.44 bits per heavy atom. The molecule has 6 heteroatoms. The molecule has 2 heterocycles. The van der Waals surface area contributed by atoms with Gasteiger partial charge in [0, 0.05) is 12.7 Å². The molecule has 2 amide bonds. The highest BCUT2D eigenvalue weighted by molar-refractivity contribution is 6.21. The average Bonchev–Trinajstić information content (AvgIpc) is 2.31. The Balaban J connectivity index is 1.97. The minimum absolute atomic E-state index is 0.196. The lowest BCUT2D eigenvalue weighted by Crippen LogP contribution is -2.43. The lowest BCUT2D eigenvalue weighted by atomic mass is 10.1. The number of nitrogens with zero attached hydrogens (tertiary/aromatic N) is 3. The Kier molecular flexibility index (Phi) is 3.56. The number of piperidine rings is 1. The molecule has 1 aliphatic rings. The zero-order valence-electron chi connectivity index (χ0n) is 8.77. The first-order chi connectivity index (χ1) is 7.77. The zero-order chi connectivity index (χ0) is 11.4. The summed E-state index contributed by atoms with van der Waals surface area (Å²) < 4.78 is 0. The molecule has 0 aromatic carbocycles. The van der Waals surface area contributed by atoms with Crippen molar-refractivity contribution in [3.63, 3.8) is 0 Å². The van der Waals surface area contributed by atoms with Gasteiger partial charge in [-0.05, 0) is 25.3 Å². The summed E-state index contributed by atoms with van der Waals surface area (Å²) in [5.41, 5.74) is -0.212. The fourth-order valence-electron chi connectivity index (χ4n) is 1.67. The summed E-state index contributed by atoms with van der Waals surface area (Å²) in [5, 5.41) is 2.69. The Morgan fingerprint density at radius 3 is 3.12 bits per heavy atom. The topological polar surface area (TPSA) is 58.1 Å². The molecule has 1 atom stereocenters. The molecule has 0 aliphatic carbocycles. The monoisotopic (exact) mass is 240 g/mol. The normalized spacial score (nSPS) is 20.6. The number of aromatic nitrogens is 2. The Bertz CT molecular complexity index is 359. The summed E-state index contributed by atoms with van der Waals surface area (Å²) in [4.78, 5) is 21.2. The van der Waals surface area contributed by atoms with Crippen molar-refractivity contribution in [2.24, 2.45) is 0 Å². The largest absolute Gasteiger partial charge is 0.324 e. The van der Waals surface area contributed by atoms with Gasteiger partial charge in [-0.2, -0.15) is 0 Å². The molecule has 1 N–H and O–H groups in total. The van der Waals surface area contributed by atoms with Crippen LogP contribution >= 0.6 is 11.6 Å². The number of likely N-dealkylation sites (tertiary alicyclic amines) is 1. The molecule has 1 aliphatic heterocycles. The highest BCUT2D eigenvalue weighted by atomic mass is 35.5. The fourth-order valence-corrected chi connectivity index (χ4v) is 2.01. The number of anilines is 1. The number of urea groups is 1. The van der Waals surface area contributed by atoms with Gasteiger partial charge in [-0.3, -0.25) is 5.32 Å². The van der Waals surface area contributed by atoms with Crippen LogP contribution in [0.1, 0.15) is 19.3 Å². The van der Waals surface area contributed by atoms with Crippen molar-refractivity contribution in [2.75, 3.05) is 11.9 Å². The van der Waals surface area contributed by atoms with Crippen LogP contribution in [0.3, 0.4) is 0 Å². The van der Waals surface area contributed by atoms with Gasteiger partial charge in [0.1, 0.15) is 17.6 Å². The molecule has 1 fully saturated rings. The molecule has 1 aromatic heterocycles. The van der Waals surface area contributed by atoms with Gasteiger partial charge in [0.15, 0.2) is 0 Å². The third kappa shape index (κ3) is 2.61. The number of alkyl halides is 1. The van der Waals surface area contributed by atoms with Crippen LogP contribution in [-0.4, -0.2) is 32.9 Å². The number of carbonyl (C=O) groups is 1. The number of hydrogen-bond donors (Lipinski definition) is 1. The molecule has 1 saturated heterocycles. The number of carbonyl (C=O) groups excluding carboxylic acids is 1. The first-order valence-electron chi connectivity index (χ1n) is 5.25. The van der Waals surface area contributed by atoms with E-state index < -0.39 is 0 Å². The Morgan fingerprint density at radius 1 is 1.56 bits per heavy atom. The first kappa shape index (κ1) is 11.1. The smallest absolute Gasteiger partial charge is 0.308 e. The van der Waals surface area contributed by atoms with Crippen molar-refractivity contribution < 1.29 is 4.79 Å². The second-order valence-electron chi connectivity index (χ2n) is 3.65. The van der Waals surface area contributed by atoms with E-state index in [0.29, 0.717) is 12.4 Å². The van der Waals surface area contributed by atoms with E-state index in [1.807, 2.05) is 0 Å². The first-order valence-corrected chi connectivity index (χ1v) is 5.69. The van der Waals surface area contributed by atoms with Crippen LogP contribution in [-0.2, 0) is 0 Å². The van der Waals surface area contributed by atoms with Crippen LogP contribution in [0.4, 0.5) is 10.6 Å². The van der Waals surface area contributed by atoms with E-state index in [4.69, 9.17) is 11.6 Å². The summed E-state index contributed by atoms with van der Waals surface area (Å²) >= 11 is 6.08. The van der Waals surface area contributed by atoms with Crippen molar-refractivity contribution in [3.8, 4) is 0 Å². The number of hydrogen-bond acceptors (Lipinski definition) is 3. The highest BCUT2D eigenvalue weighted by Gasteiger charge is 2.24. The second kappa shape index (κ2) is 5.12. The molecule has 0 radical (unpaired) electrons. The summed E-state index contributed by atoms with van der Waals surface area (Å²) in [6, 6.07) is 1.45. The van der Waals surface area contributed by atoms with E-state index in [9.17, 15) is 4.79 Å². The van der Waals surface area contributed by atoms with Crippen LogP contribution in [0.15, 0.2) is 18.6 Å². The van der Waals surface area contributed by atoms with Crippen LogP contribution in [0.5, 0.6) is 0 Å². The number of rotatable bonds is 1. The molecule has 1 aromatic rings. The summed E-state index contributed by atoms with van der Waals surface area (Å²) in [6.45, 7) is 0.699. The number of nitrogens with one attached hydrogen (secondary N) is 1. The Hall–Kier alpha value is -1.36. The molecule has 16 heavy (non-hydrogen) atoms. The number of halogens is 1. The van der Waals surface area contributed by atoms with E-state index in [0.717, 1.165) is 19.3 Å². The van der Waals surface area contributed by atoms with E-state index in [1.54, 1.807) is 17.2 Å². The number of amides is 2. The SMILES string of the molecule is O=C(Nc1ccncn1)N1CCCCC1Cl. The van der Waals surface area contributed by atoms with E-state index >= 15 is 0 Å². The van der Waals surface area contributed by atoms with Gasteiger partial charge in [0.25, 0.3) is 0 Å². The van der Waals surface area contributed by atoms with E-state index in [1.165, 1.54) is 6.33 Å². The minimum atomic E-state index is -0.212. The predicted molar refractivity (Wildman–Crippen MR) is 61.2 cm³/mol. The molecule has 2 rings (SSSR count). The van der Waals surface area contributed by atoms with E-state index in [-0.39, 0.29) is 11.5 Å². The van der Waals surface area contributed by atoms with Crippen molar-refractivity contribution in [1.82, 2.24) is 14.9 Å². The third-order valence-corrected chi connectivity index (χ3v) is 2.96. The van der Waals surface area contributed by atoms with Gasteiger partial charge in [0.2, 0.25) is 0 Å². The molecule has 1 unspecified atom stereocenters. The molecule has 0 saturated carbocycles. The average molecular weight is 241 g/mol. The molecule has 0 spiro atoms. The van der Waals surface area contributed by atoms with Crippen molar-refractivity contribution in [2.45, 2.75) is 24.8 Å². The van der Waals surface area contributed by atoms with Gasteiger partial charge >= 0.3 is 6.03 Å². The van der Waals surface area contributed by atoms with Crippen molar-refractivity contribution in [1.29, 1.82) is 0 Å². The highest BCUT2D eigenvalue weighted by Crippen LogP contribution is 2.20. The van der Waals surface area contributed by atoms with Crippen molar-refractivity contribution in [3.05, 3.63) is 18.6 Å². The van der Waals surface area contributed by atoms with Gasteiger partial charge in [0.05, 0.1) is 0 Å². The standard InChI is InChI=1S/C10H13ClN4O/c11-8-3-1-2-6-15(8)10(16)14-9-4-5-12-7-13-9/h4-5,7-8H,1-3,6H2,(H,12,13,14,16). The third-order valence-electron chi connectivity index (χ3n) is 2.51. The Labute approximate surface area is 98.8 Å². The maximum absolute atomic E-state index is 11.8. The van der Waals surface area contributed by atoms with Crippen LogP contribution in [0.25, 0.3) is 0 Å². The minimum Gasteiger partial charge on any atom is -0.308 e. The van der Waals surface area contributed by atoms with Crippen LogP contribution in [0, 0.1) is 0 Å². The zero-order valence-corrected chi connectivity index (χ0v) is 9.52. The van der Waals surface area contributed by atoms with Crippen LogP contribution in [0.2, 0.25) is 0 Å². The molecular weight excluding hydrogens is 228 g/mol. The summed E-state index contributed by atoms with van der Waals surface area (Å²) in [7, 11) is 0. The second-order valence-corrected chi connectivity index (χ2v) is 4.15. The molecule has 86 valence electrons.